The third-order valence-corrected chi connectivity index (χ3v) is 4.15. The lowest BCUT2D eigenvalue weighted by molar-refractivity contribution is -0.115. The van der Waals surface area contributed by atoms with Gasteiger partial charge in [-0.3, -0.25) is 4.79 Å². The molecule has 19 heavy (non-hydrogen) atoms. The van der Waals surface area contributed by atoms with Crippen molar-refractivity contribution in [2.75, 3.05) is 11.9 Å². The fourth-order valence-electron chi connectivity index (χ4n) is 2.66. The minimum absolute atomic E-state index is 0.00924. The smallest absolute Gasteiger partial charge is 0.238 e. The number of hydrogen-bond donors (Lipinski definition) is 2. The van der Waals surface area contributed by atoms with Gasteiger partial charge in [-0.2, -0.15) is 0 Å². The lowest BCUT2D eigenvalue weighted by Crippen LogP contribution is -2.41. The molecule has 2 N–H and O–H groups in total. The molecule has 1 aliphatic carbocycles. The molecule has 1 aliphatic rings. The summed E-state index contributed by atoms with van der Waals surface area (Å²) in [6, 6.07) is 7.58. The van der Waals surface area contributed by atoms with Crippen molar-refractivity contribution in [1.29, 1.82) is 0 Å². The molecule has 0 heterocycles. The fraction of sp³-hybridized carbons (Fsp3) is 0.533. The fourth-order valence-corrected chi connectivity index (χ4v) is 2.79. The Morgan fingerprint density at radius 1 is 1.37 bits per heavy atom. The van der Waals surface area contributed by atoms with E-state index in [1.54, 1.807) is 24.3 Å². The molecule has 0 radical (unpaired) electrons. The normalized spacial score (nSPS) is 21.3. The van der Waals surface area contributed by atoms with Crippen LogP contribution in [0.2, 0.25) is 5.02 Å². The van der Waals surface area contributed by atoms with Crippen LogP contribution in [0.4, 0.5) is 5.69 Å². The third kappa shape index (κ3) is 3.95. The van der Waals surface area contributed by atoms with Crippen LogP contribution in [0.3, 0.4) is 0 Å². The maximum atomic E-state index is 11.9. The van der Waals surface area contributed by atoms with Crippen LogP contribution in [-0.4, -0.2) is 18.5 Å². The highest BCUT2D eigenvalue weighted by atomic mass is 35.5. The molecule has 104 valence electrons. The lowest BCUT2D eigenvalue weighted by atomic mass is 9.87. The Bertz CT molecular complexity index is 442. The monoisotopic (exact) mass is 280 g/mol. The first-order valence-electron chi connectivity index (χ1n) is 6.76. The van der Waals surface area contributed by atoms with E-state index in [1.807, 2.05) is 0 Å². The van der Waals surface area contributed by atoms with E-state index in [2.05, 4.69) is 24.5 Å². The van der Waals surface area contributed by atoms with Gasteiger partial charge in [0.25, 0.3) is 0 Å². The maximum Gasteiger partial charge on any atom is 0.238 e. The van der Waals surface area contributed by atoms with E-state index in [9.17, 15) is 4.79 Å². The second-order valence-corrected chi connectivity index (χ2v) is 6.31. The number of nitrogens with one attached hydrogen (secondary N) is 2. The largest absolute Gasteiger partial charge is 0.325 e. The van der Waals surface area contributed by atoms with Crippen LogP contribution >= 0.6 is 11.6 Å². The molecule has 1 aromatic carbocycles. The molecule has 1 saturated carbocycles. The molecule has 0 bridgehead atoms. The van der Waals surface area contributed by atoms with Crippen molar-refractivity contribution < 1.29 is 4.79 Å². The number of carbonyl (C=O) groups excluding carboxylic acids is 1. The predicted octanol–water partition coefficient (Wildman–Crippen LogP) is 3.45. The van der Waals surface area contributed by atoms with Gasteiger partial charge in [-0.15, -0.1) is 0 Å². The van der Waals surface area contributed by atoms with Crippen LogP contribution in [0.25, 0.3) is 0 Å². The Balaban J connectivity index is 1.80. The Morgan fingerprint density at radius 2 is 2.05 bits per heavy atom. The first-order chi connectivity index (χ1) is 8.97. The average Bonchev–Trinajstić information content (AvgIpc) is 2.69. The predicted molar refractivity (Wildman–Crippen MR) is 79.5 cm³/mol. The number of amides is 1. The molecule has 3 nitrogen and oxygen atoms in total. The summed E-state index contributed by atoms with van der Waals surface area (Å²) in [6.45, 7) is 4.88. The van der Waals surface area contributed by atoms with E-state index in [-0.39, 0.29) is 5.91 Å². The van der Waals surface area contributed by atoms with Gasteiger partial charge >= 0.3 is 0 Å². The minimum atomic E-state index is -0.00924. The van der Waals surface area contributed by atoms with E-state index >= 15 is 0 Å². The molecule has 1 atom stereocenters. The van der Waals surface area contributed by atoms with Crippen molar-refractivity contribution in [1.82, 2.24) is 5.32 Å². The Labute approximate surface area is 119 Å². The summed E-state index contributed by atoms with van der Waals surface area (Å²) >= 11 is 5.80. The summed E-state index contributed by atoms with van der Waals surface area (Å²) in [7, 11) is 0. The van der Waals surface area contributed by atoms with Crippen molar-refractivity contribution in [2.24, 2.45) is 5.41 Å². The number of halogens is 1. The quantitative estimate of drug-likeness (QED) is 0.887. The molecule has 1 fully saturated rings. The summed E-state index contributed by atoms with van der Waals surface area (Å²) in [4.78, 5) is 11.9. The van der Waals surface area contributed by atoms with Crippen LogP contribution in [0.1, 0.15) is 33.1 Å². The van der Waals surface area contributed by atoms with E-state index in [4.69, 9.17) is 11.6 Å². The third-order valence-electron chi connectivity index (χ3n) is 3.89. The zero-order valence-corrected chi connectivity index (χ0v) is 12.3. The minimum Gasteiger partial charge on any atom is -0.325 e. The Morgan fingerprint density at radius 3 is 2.63 bits per heavy atom. The summed E-state index contributed by atoms with van der Waals surface area (Å²) < 4.78 is 0. The summed E-state index contributed by atoms with van der Waals surface area (Å²) in [5.41, 5.74) is 1.07. The molecular weight excluding hydrogens is 260 g/mol. The van der Waals surface area contributed by atoms with E-state index in [0.29, 0.717) is 23.0 Å². The molecule has 2 rings (SSSR count). The van der Waals surface area contributed by atoms with Crippen LogP contribution in [0.15, 0.2) is 24.3 Å². The van der Waals surface area contributed by atoms with Gasteiger partial charge in [-0.05, 0) is 42.5 Å². The first kappa shape index (κ1) is 14.4. The standard InChI is InChI=1S/C15H21ClN2O/c1-15(2)9-3-4-13(15)17-10-14(19)18-12-7-5-11(16)6-8-12/h5-8,13,17H,3-4,9-10H2,1-2H3,(H,18,19). The topological polar surface area (TPSA) is 41.1 Å². The maximum absolute atomic E-state index is 11.9. The van der Waals surface area contributed by atoms with Gasteiger partial charge in [-0.25, -0.2) is 0 Å². The molecule has 1 unspecified atom stereocenters. The zero-order chi connectivity index (χ0) is 13.9. The van der Waals surface area contributed by atoms with Crippen LogP contribution in [-0.2, 0) is 4.79 Å². The van der Waals surface area contributed by atoms with E-state index in [1.165, 1.54) is 12.8 Å². The van der Waals surface area contributed by atoms with Gasteiger partial charge in [-0.1, -0.05) is 31.9 Å². The molecule has 4 heteroatoms. The SMILES string of the molecule is CC1(C)CCCC1NCC(=O)Nc1ccc(Cl)cc1. The summed E-state index contributed by atoms with van der Waals surface area (Å²) in [6.07, 6.45) is 3.62. The first-order valence-corrected chi connectivity index (χ1v) is 7.14. The number of hydrogen-bond acceptors (Lipinski definition) is 2. The molecule has 0 aromatic heterocycles. The number of rotatable bonds is 4. The summed E-state index contributed by atoms with van der Waals surface area (Å²) in [5.74, 6) is -0.00924. The average molecular weight is 281 g/mol. The van der Waals surface area contributed by atoms with Gasteiger partial charge in [0.1, 0.15) is 0 Å². The molecule has 1 amide bonds. The molecule has 1 aromatic rings. The van der Waals surface area contributed by atoms with Gasteiger partial charge in [0.2, 0.25) is 5.91 Å². The number of carbonyl (C=O) groups is 1. The van der Waals surface area contributed by atoms with Crippen molar-refractivity contribution in [3.63, 3.8) is 0 Å². The van der Waals surface area contributed by atoms with Crippen molar-refractivity contribution in [2.45, 2.75) is 39.2 Å². The second-order valence-electron chi connectivity index (χ2n) is 5.87. The van der Waals surface area contributed by atoms with Crippen molar-refractivity contribution in [3.8, 4) is 0 Å². The van der Waals surface area contributed by atoms with Gasteiger partial charge in [0, 0.05) is 16.8 Å². The highest BCUT2D eigenvalue weighted by Gasteiger charge is 2.34. The second kappa shape index (κ2) is 5.93. The number of anilines is 1. The molecule has 0 saturated heterocycles. The number of benzene rings is 1. The molecular formula is C15H21ClN2O. The molecule has 0 spiro atoms. The summed E-state index contributed by atoms with van der Waals surface area (Å²) in [5, 5.41) is 6.90. The van der Waals surface area contributed by atoms with Crippen LogP contribution < -0.4 is 10.6 Å². The highest BCUT2D eigenvalue weighted by Crippen LogP contribution is 2.36. The Hall–Kier alpha value is -1.06. The Kier molecular flexibility index (Phi) is 4.48. The van der Waals surface area contributed by atoms with Gasteiger partial charge < -0.3 is 10.6 Å². The van der Waals surface area contributed by atoms with E-state index < -0.39 is 0 Å². The van der Waals surface area contributed by atoms with Gasteiger partial charge in [0.05, 0.1) is 6.54 Å². The van der Waals surface area contributed by atoms with Crippen molar-refractivity contribution >= 4 is 23.2 Å². The zero-order valence-electron chi connectivity index (χ0n) is 11.5. The van der Waals surface area contributed by atoms with Crippen LogP contribution in [0.5, 0.6) is 0 Å². The highest BCUT2D eigenvalue weighted by molar-refractivity contribution is 6.30. The van der Waals surface area contributed by atoms with E-state index in [0.717, 1.165) is 12.1 Å². The van der Waals surface area contributed by atoms with Crippen molar-refractivity contribution in [3.05, 3.63) is 29.3 Å². The molecule has 0 aliphatic heterocycles. The van der Waals surface area contributed by atoms with Crippen LogP contribution in [0, 0.1) is 5.41 Å². The lowest BCUT2D eigenvalue weighted by Gasteiger charge is -2.27. The van der Waals surface area contributed by atoms with Gasteiger partial charge in [0.15, 0.2) is 0 Å².